The number of benzene rings is 2. The van der Waals surface area contributed by atoms with E-state index in [0.717, 1.165) is 23.8 Å². The van der Waals surface area contributed by atoms with Gasteiger partial charge in [0.05, 0.1) is 11.4 Å². The van der Waals surface area contributed by atoms with Crippen molar-refractivity contribution in [2.45, 2.75) is 23.8 Å². The number of sulfonamides is 1. The number of amides is 1. The van der Waals surface area contributed by atoms with Gasteiger partial charge < -0.3 is 14.5 Å². The number of hydrogen-bond donors (Lipinski definition) is 1. The predicted molar refractivity (Wildman–Crippen MR) is 113 cm³/mol. The van der Waals surface area contributed by atoms with Crippen molar-refractivity contribution in [3.63, 3.8) is 0 Å². The van der Waals surface area contributed by atoms with Crippen LogP contribution in [0.2, 0.25) is 0 Å². The van der Waals surface area contributed by atoms with Gasteiger partial charge in [-0.25, -0.2) is 8.42 Å². The highest BCUT2D eigenvalue weighted by atomic mass is 32.2. The summed E-state index contributed by atoms with van der Waals surface area (Å²) in [6.07, 6.45) is 1.33. The Labute approximate surface area is 175 Å². The molecule has 2 heterocycles. The van der Waals surface area contributed by atoms with Crippen molar-refractivity contribution in [2.24, 2.45) is 0 Å². The molecule has 1 aliphatic heterocycles. The van der Waals surface area contributed by atoms with Crippen LogP contribution in [-0.2, 0) is 14.8 Å². The molecule has 4 rings (SSSR count). The monoisotopic (exact) mass is 428 g/mol. The minimum atomic E-state index is -3.49. The Morgan fingerprint density at radius 3 is 2.50 bits per heavy atom. The first kappa shape index (κ1) is 20.6. The van der Waals surface area contributed by atoms with E-state index in [1.54, 1.807) is 7.11 Å². The molecular weight excluding hydrogens is 404 g/mol. The Hall–Kier alpha value is -2.68. The van der Waals surface area contributed by atoms with Crippen molar-refractivity contribution in [3.05, 3.63) is 65.9 Å². The zero-order chi connectivity index (χ0) is 21.1. The van der Waals surface area contributed by atoms with Gasteiger partial charge in [0.2, 0.25) is 10.0 Å². The third kappa shape index (κ3) is 4.12. The van der Waals surface area contributed by atoms with Crippen molar-refractivity contribution in [2.75, 3.05) is 26.7 Å². The van der Waals surface area contributed by atoms with Gasteiger partial charge in [0.15, 0.2) is 0 Å². The summed E-state index contributed by atoms with van der Waals surface area (Å²) in [6, 6.07) is 15.6. The SMILES string of the molecule is CO[C@H](CNC(=O)c1ccc(S(=O)(=O)N2CCCC2)cc1)c1cc2ccccc2o1. The Balaban J connectivity index is 1.41. The minimum Gasteiger partial charge on any atom is -0.458 e. The number of fused-ring (bicyclic) bond motifs is 1. The summed E-state index contributed by atoms with van der Waals surface area (Å²) < 4.78 is 38.0. The maximum Gasteiger partial charge on any atom is 0.251 e. The van der Waals surface area contributed by atoms with Crippen LogP contribution >= 0.6 is 0 Å². The van der Waals surface area contributed by atoms with Gasteiger partial charge >= 0.3 is 0 Å². The fourth-order valence-electron chi connectivity index (χ4n) is 3.60. The number of carbonyl (C=O) groups is 1. The van der Waals surface area contributed by atoms with Gasteiger partial charge in [-0.15, -0.1) is 0 Å². The van der Waals surface area contributed by atoms with E-state index in [0.29, 0.717) is 24.4 Å². The fraction of sp³-hybridized carbons (Fsp3) is 0.318. The van der Waals surface area contributed by atoms with E-state index in [2.05, 4.69) is 5.32 Å². The number of carbonyl (C=O) groups excluding carboxylic acids is 1. The van der Waals surface area contributed by atoms with Crippen LogP contribution in [0.25, 0.3) is 11.0 Å². The lowest BCUT2D eigenvalue weighted by Gasteiger charge is -2.16. The molecule has 0 unspecified atom stereocenters. The lowest BCUT2D eigenvalue weighted by molar-refractivity contribution is 0.0747. The lowest BCUT2D eigenvalue weighted by Crippen LogP contribution is -2.29. The first-order chi connectivity index (χ1) is 14.5. The molecule has 0 spiro atoms. The first-order valence-corrected chi connectivity index (χ1v) is 11.3. The summed E-state index contributed by atoms with van der Waals surface area (Å²) >= 11 is 0. The summed E-state index contributed by atoms with van der Waals surface area (Å²) in [4.78, 5) is 12.7. The molecule has 8 heteroatoms. The molecule has 3 aromatic rings. The van der Waals surface area contributed by atoms with Gasteiger partial charge in [-0.3, -0.25) is 4.79 Å². The van der Waals surface area contributed by atoms with Gasteiger partial charge in [-0.05, 0) is 49.2 Å². The van der Waals surface area contributed by atoms with E-state index in [1.807, 2.05) is 30.3 Å². The van der Waals surface area contributed by atoms with Gasteiger partial charge in [0.25, 0.3) is 5.91 Å². The van der Waals surface area contributed by atoms with E-state index in [4.69, 9.17) is 9.15 Å². The molecule has 1 N–H and O–H groups in total. The first-order valence-electron chi connectivity index (χ1n) is 9.89. The Kier molecular flexibility index (Phi) is 5.90. The fourth-order valence-corrected chi connectivity index (χ4v) is 5.12. The number of rotatable bonds is 7. The molecule has 30 heavy (non-hydrogen) atoms. The van der Waals surface area contributed by atoms with E-state index in [1.165, 1.54) is 28.6 Å². The predicted octanol–water partition coefficient (Wildman–Crippen LogP) is 3.33. The summed E-state index contributed by atoms with van der Waals surface area (Å²) in [5, 5.41) is 3.79. The molecule has 158 valence electrons. The normalized spacial score (nSPS) is 16.0. The van der Waals surface area contributed by atoms with E-state index in [9.17, 15) is 13.2 Å². The van der Waals surface area contributed by atoms with Crippen LogP contribution in [0.1, 0.15) is 35.1 Å². The van der Waals surface area contributed by atoms with E-state index < -0.39 is 16.1 Å². The topological polar surface area (TPSA) is 88.8 Å². The van der Waals surface area contributed by atoms with Gasteiger partial charge in [-0.2, -0.15) is 4.31 Å². The Bertz CT molecular complexity index is 1100. The third-order valence-electron chi connectivity index (χ3n) is 5.31. The van der Waals surface area contributed by atoms with Crippen molar-refractivity contribution in [1.82, 2.24) is 9.62 Å². The number of nitrogens with one attached hydrogen (secondary N) is 1. The van der Waals surface area contributed by atoms with Crippen LogP contribution in [0.4, 0.5) is 0 Å². The second-order valence-electron chi connectivity index (χ2n) is 7.26. The number of hydrogen-bond acceptors (Lipinski definition) is 5. The lowest BCUT2D eigenvalue weighted by atomic mass is 10.2. The average molecular weight is 429 g/mol. The quantitative estimate of drug-likeness (QED) is 0.624. The Morgan fingerprint density at radius 1 is 1.13 bits per heavy atom. The summed E-state index contributed by atoms with van der Waals surface area (Å²) in [5.41, 5.74) is 1.14. The van der Waals surface area contributed by atoms with Crippen LogP contribution in [-0.4, -0.2) is 45.4 Å². The molecule has 2 aromatic carbocycles. The number of furan rings is 1. The largest absolute Gasteiger partial charge is 0.458 e. The van der Waals surface area contributed by atoms with Crippen molar-refractivity contribution in [1.29, 1.82) is 0 Å². The summed E-state index contributed by atoms with van der Waals surface area (Å²) in [6.45, 7) is 1.32. The second-order valence-corrected chi connectivity index (χ2v) is 9.19. The van der Waals surface area contributed by atoms with Crippen molar-refractivity contribution < 1.29 is 22.4 Å². The van der Waals surface area contributed by atoms with Crippen molar-refractivity contribution in [3.8, 4) is 0 Å². The molecule has 1 saturated heterocycles. The third-order valence-corrected chi connectivity index (χ3v) is 7.23. The maximum absolute atomic E-state index is 12.6. The van der Waals surface area contributed by atoms with Crippen LogP contribution in [0.3, 0.4) is 0 Å². The number of nitrogens with zero attached hydrogens (tertiary/aromatic N) is 1. The van der Waals surface area contributed by atoms with Gasteiger partial charge in [0, 0.05) is 31.1 Å². The highest BCUT2D eigenvalue weighted by molar-refractivity contribution is 7.89. The molecule has 0 saturated carbocycles. The zero-order valence-corrected chi connectivity index (χ0v) is 17.5. The molecule has 0 radical (unpaired) electrons. The molecule has 0 aliphatic carbocycles. The summed E-state index contributed by atoms with van der Waals surface area (Å²) in [5.74, 6) is 0.323. The zero-order valence-electron chi connectivity index (χ0n) is 16.7. The second kappa shape index (κ2) is 8.59. The van der Waals surface area contributed by atoms with Gasteiger partial charge in [0.1, 0.15) is 17.4 Å². The molecule has 0 bridgehead atoms. The minimum absolute atomic E-state index is 0.206. The van der Waals surface area contributed by atoms with Crippen molar-refractivity contribution >= 4 is 26.9 Å². The van der Waals surface area contributed by atoms with Crippen LogP contribution in [0, 0.1) is 0 Å². The molecule has 1 aromatic heterocycles. The summed E-state index contributed by atoms with van der Waals surface area (Å²) in [7, 11) is -1.93. The average Bonchev–Trinajstić information content (AvgIpc) is 3.44. The molecule has 1 fully saturated rings. The van der Waals surface area contributed by atoms with Gasteiger partial charge in [-0.1, -0.05) is 18.2 Å². The standard InChI is InChI=1S/C22H24N2O5S/c1-28-21(20-14-17-6-2-3-7-19(17)29-20)15-23-22(25)16-8-10-18(11-9-16)30(26,27)24-12-4-5-13-24/h2-3,6-11,14,21H,4-5,12-13,15H2,1H3,(H,23,25)/t21-/m1/s1. The van der Waals surface area contributed by atoms with Crippen LogP contribution < -0.4 is 5.32 Å². The number of methoxy groups -OCH3 is 1. The molecule has 1 aliphatic rings. The van der Waals surface area contributed by atoms with E-state index >= 15 is 0 Å². The molecule has 1 amide bonds. The smallest absolute Gasteiger partial charge is 0.251 e. The van der Waals surface area contributed by atoms with Crippen LogP contribution in [0.5, 0.6) is 0 Å². The van der Waals surface area contributed by atoms with Crippen LogP contribution in [0.15, 0.2) is 63.9 Å². The highest BCUT2D eigenvalue weighted by Gasteiger charge is 2.27. The maximum atomic E-state index is 12.6. The number of para-hydroxylation sites is 1. The number of ether oxygens (including phenoxy) is 1. The molecule has 7 nitrogen and oxygen atoms in total. The Morgan fingerprint density at radius 2 is 1.83 bits per heavy atom. The highest BCUT2D eigenvalue weighted by Crippen LogP contribution is 2.25. The molecular formula is C22H24N2O5S. The molecule has 1 atom stereocenters. The van der Waals surface area contributed by atoms with E-state index in [-0.39, 0.29) is 17.3 Å².